The first kappa shape index (κ1) is 14.2. The Morgan fingerprint density at radius 2 is 2.12 bits per heavy atom. The average Bonchev–Trinajstić information content (AvgIpc) is 2.28. The zero-order valence-corrected chi connectivity index (χ0v) is 11.4. The quantitative estimate of drug-likeness (QED) is 0.786. The maximum Gasteiger partial charge on any atom is 0.0230 e. The van der Waals surface area contributed by atoms with E-state index in [1.54, 1.807) is 0 Å². The van der Waals surface area contributed by atoms with Gasteiger partial charge in [-0.1, -0.05) is 36.8 Å². The predicted molar refractivity (Wildman–Crippen MR) is 75.0 cm³/mol. The largest absolute Gasteiger partial charge is 0.330 e. The Balaban J connectivity index is 2.27. The second-order valence-electron chi connectivity index (χ2n) is 5.21. The normalized spacial score (nSPS) is 13.0. The molecule has 0 aromatic heterocycles. The van der Waals surface area contributed by atoms with E-state index < -0.39 is 0 Å². The minimum atomic E-state index is 0.655. The van der Waals surface area contributed by atoms with Gasteiger partial charge in [-0.05, 0) is 51.4 Å². The summed E-state index contributed by atoms with van der Waals surface area (Å²) in [6.07, 6.45) is 2.47. The number of hydrogen-bond donors (Lipinski definition) is 1. The van der Waals surface area contributed by atoms with Gasteiger partial charge in [-0.3, -0.25) is 0 Å². The third kappa shape index (κ3) is 5.85. The first-order chi connectivity index (χ1) is 8.11. The van der Waals surface area contributed by atoms with Crippen LogP contribution in [0.25, 0.3) is 0 Å². The summed E-state index contributed by atoms with van der Waals surface area (Å²) in [7, 11) is 2.19. The summed E-state index contributed by atoms with van der Waals surface area (Å²) >= 11 is 0. The maximum atomic E-state index is 5.62. The van der Waals surface area contributed by atoms with Crippen molar-refractivity contribution in [2.24, 2.45) is 11.7 Å². The Morgan fingerprint density at radius 1 is 1.35 bits per heavy atom. The molecule has 0 bridgehead atoms. The molecule has 2 N–H and O–H groups in total. The zero-order valence-electron chi connectivity index (χ0n) is 11.4. The number of nitrogens with two attached hydrogens (primary N) is 1. The van der Waals surface area contributed by atoms with Gasteiger partial charge in [-0.25, -0.2) is 0 Å². The molecular formula is C15H26N2. The molecule has 0 saturated carbocycles. The highest BCUT2D eigenvalue weighted by Crippen LogP contribution is 2.08. The van der Waals surface area contributed by atoms with Crippen molar-refractivity contribution in [2.75, 3.05) is 20.1 Å². The van der Waals surface area contributed by atoms with Gasteiger partial charge in [0.15, 0.2) is 0 Å². The second kappa shape index (κ2) is 7.46. The van der Waals surface area contributed by atoms with E-state index >= 15 is 0 Å². The van der Waals surface area contributed by atoms with E-state index in [-0.39, 0.29) is 0 Å². The molecule has 1 atom stereocenters. The lowest BCUT2D eigenvalue weighted by Crippen LogP contribution is -2.20. The third-order valence-corrected chi connectivity index (χ3v) is 3.17. The van der Waals surface area contributed by atoms with Gasteiger partial charge in [-0.15, -0.1) is 0 Å². The number of rotatable bonds is 7. The van der Waals surface area contributed by atoms with Crippen LogP contribution in [0.1, 0.15) is 30.9 Å². The molecule has 0 saturated heterocycles. The molecule has 0 aliphatic rings. The lowest BCUT2D eigenvalue weighted by Gasteiger charge is -2.18. The lowest BCUT2D eigenvalue weighted by atomic mass is 10.1. The molecule has 1 unspecified atom stereocenters. The summed E-state index contributed by atoms with van der Waals surface area (Å²) in [5, 5.41) is 0. The number of nitrogens with zero attached hydrogens (tertiary/aromatic N) is 1. The first-order valence-corrected chi connectivity index (χ1v) is 6.56. The molecular weight excluding hydrogens is 208 g/mol. The van der Waals surface area contributed by atoms with Gasteiger partial charge >= 0.3 is 0 Å². The fraction of sp³-hybridized carbons (Fsp3) is 0.600. The highest BCUT2D eigenvalue weighted by molar-refractivity contribution is 5.21. The summed E-state index contributed by atoms with van der Waals surface area (Å²) in [6.45, 7) is 7.37. The van der Waals surface area contributed by atoms with Gasteiger partial charge in [0.1, 0.15) is 0 Å². The van der Waals surface area contributed by atoms with E-state index in [0.717, 1.165) is 19.6 Å². The van der Waals surface area contributed by atoms with Gasteiger partial charge in [-0.2, -0.15) is 0 Å². The van der Waals surface area contributed by atoms with Crippen LogP contribution in [0, 0.1) is 12.8 Å². The van der Waals surface area contributed by atoms with Crippen LogP contribution >= 0.6 is 0 Å². The first-order valence-electron chi connectivity index (χ1n) is 6.56. The Bertz CT molecular complexity index is 322. The molecule has 0 amide bonds. The van der Waals surface area contributed by atoms with E-state index in [1.165, 1.54) is 24.0 Å². The highest BCUT2D eigenvalue weighted by atomic mass is 15.1. The molecule has 0 heterocycles. The third-order valence-electron chi connectivity index (χ3n) is 3.17. The van der Waals surface area contributed by atoms with Crippen molar-refractivity contribution >= 4 is 0 Å². The van der Waals surface area contributed by atoms with Gasteiger partial charge in [0, 0.05) is 6.54 Å². The number of benzene rings is 1. The Morgan fingerprint density at radius 3 is 2.76 bits per heavy atom. The molecule has 0 radical (unpaired) electrons. The van der Waals surface area contributed by atoms with Gasteiger partial charge in [0.2, 0.25) is 0 Å². The van der Waals surface area contributed by atoms with E-state index in [0.29, 0.717) is 5.92 Å². The van der Waals surface area contributed by atoms with Crippen molar-refractivity contribution in [2.45, 2.75) is 33.2 Å². The number of hydrogen-bond acceptors (Lipinski definition) is 2. The fourth-order valence-corrected chi connectivity index (χ4v) is 2.03. The van der Waals surface area contributed by atoms with Crippen molar-refractivity contribution in [3.8, 4) is 0 Å². The van der Waals surface area contributed by atoms with E-state index in [9.17, 15) is 0 Å². The van der Waals surface area contributed by atoms with E-state index in [2.05, 4.69) is 50.1 Å². The smallest absolute Gasteiger partial charge is 0.0230 e. The zero-order chi connectivity index (χ0) is 12.7. The SMILES string of the molecule is Cc1cccc(CN(C)CCCC(C)CN)c1. The number of aryl methyl sites for hydroxylation is 1. The lowest BCUT2D eigenvalue weighted by molar-refractivity contribution is 0.309. The topological polar surface area (TPSA) is 29.3 Å². The summed E-state index contributed by atoms with van der Waals surface area (Å²) in [4.78, 5) is 2.39. The van der Waals surface area contributed by atoms with Crippen molar-refractivity contribution < 1.29 is 0 Å². The highest BCUT2D eigenvalue weighted by Gasteiger charge is 2.03. The summed E-state index contributed by atoms with van der Waals surface area (Å²) in [6, 6.07) is 8.74. The average molecular weight is 234 g/mol. The van der Waals surface area contributed by atoms with Crippen LogP contribution < -0.4 is 5.73 Å². The maximum absolute atomic E-state index is 5.62. The van der Waals surface area contributed by atoms with Crippen LogP contribution in [-0.4, -0.2) is 25.0 Å². The molecule has 2 nitrogen and oxygen atoms in total. The van der Waals surface area contributed by atoms with Crippen molar-refractivity contribution in [3.05, 3.63) is 35.4 Å². The minimum absolute atomic E-state index is 0.655. The second-order valence-corrected chi connectivity index (χ2v) is 5.21. The van der Waals surface area contributed by atoms with Crippen molar-refractivity contribution in [3.63, 3.8) is 0 Å². The molecule has 0 aliphatic heterocycles. The fourth-order valence-electron chi connectivity index (χ4n) is 2.03. The monoisotopic (exact) mass is 234 g/mol. The molecule has 96 valence electrons. The Labute approximate surface area is 106 Å². The van der Waals surface area contributed by atoms with Gasteiger partial charge < -0.3 is 10.6 Å². The van der Waals surface area contributed by atoms with Crippen molar-refractivity contribution in [1.29, 1.82) is 0 Å². The van der Waals surface area contributed by atoms with Gasteiger partial charge in [0.05, 0.1) is 0 Å². The molecule has 0 spiro atoms. The molecule has 1 aromatic carbocycles. The van der Waals surface area contributed by atoms with Crippen LogP contribution in [0.15, 0.2) is 24.3 Å². The predicted octanol–water partition coefficient (Wildman–Crippen LogP) is 2.80. The summed E-state index contributed by atoms with van der Waals surface area (Å²) in [5.41, 5.74) is 8.36. The van der Waals surface area contributed by atoms with E-state index in [4.69, 9.17) is 5.73 Å². The Kier molecular flexibility index (Phi) is 6.23. The van der Waals surface area contributed by atoms with Crippen molar-refractivity contribution in [1.82, 2.24) is 4.90 Å². The molecule has 1 rings (SSSR count). The van der Waals surface area contributed by atoms with Crippen LogP contribution in [0.3, 0.4) is 0 Å². The van der Waals surface area contributed by atoms with Gasteiger partial charge in [0.25, 0.3) is 0 Å². The summed E-state index contributed by atoms with van der Waals surface area (Å²) < 4.78 is 0. The Hall–Kier alpha value is -0.860. The van der Waals surface area contributed by atoms with E-state index in [1.807, 2.05) is 0 Å². The molecule has 2 heteroatoms. The van der Waals surface area contributed by atoms with Crippen LogP contribution in [0.2, 0.25) is 0 Å². The molecule has 1 aromatic rings. The molecule has 0 fully saturated rings. The van der Waals surface area contributed by atoms with Crippen LogP contribution in [0.5, 0.6) is 0 Å². The molecule has 0 aliphatic carbocycles. The minimum Gasteiger partial charge on any atom is -0.330 e. The standard InChI is InChI=1S/C15H26N2/c1-13-6-4-8-15(10-13)12-17(3)9-5-7-14(2)11-16/h4,6,8,10,14H,5,7,9,11-12,16H2,1-3H3. The molecule has 17 heavy (non-hydrogen) atoms. The van der Waals surface area contributed by atoms with Crippen LogP contribution in [0.4, 0.5) is 0 Å². The summed E-state index contributed by atoms with van der Waals surface area (Å²) in [5.74, 6) is 0.655. The van der Waals surface area contributed by atoms with Crippen LogP contribution in [-0.2, 0) is 6.54 Å².